The fraction of sp³-hybridized carbons (Fsp3) is 0.0952. The average molecular weight is 485 g/mol. The lowest BCUT2D eigenvalue weighted by Gasteiger charge is -2.14. The molecule has 0 aliphatic heterocycles. The van der Waals surface area contributed by atoms with E-state index in [1.165, 1.54) is 0 Å². The number of hydrogen-bond donors (Lipinski definition) is 1. The Kier molecular flexibility index (Phi) is 5.25. The van der Waals surface area contributed by atoms with E-state index in [0.29, 0.717) is 34.8 Å². The monoisotopic (exact) mass is 485 g/mol. The molecular formula is C21H16IN3O3. The van der Waals surface area contributed by atoms with Crippen molar-refractivity contribution in [2.75, 3.05) is 7.11 Å². The summed E-state index contributed by atoms with van der Waals surface area (Å²) >= 11 is 2.19. The Morgan fingerprint density at radius 2 is 1.93 bits per heavy atom. The number of nitrogens with one attached hydrogen (secondary N) is 1. The Morgan fingerprint density at radius 3 is 2.71 bits per heavy atom. The highest BCUT2D eigenvalue weighted by Gasteiger charge is 2.15. The van der Waals surface area contributed by atoms with Crippen molar-refractivity contribution in [3.63, 3.8) is 0 Å². The molecule has 28 heavy (non-hydrogen) atoms. The van der Waals surface area contributed by atoms with Crippen LogP contribution in [0.5, 0.6) is 11.5 Å². The maximum absolute atomic E-state index is 12.4. The highest BCUT2D eigenvalue weighted by Crippen LogP contribution is 2.37. The zero-order chi connectivity index (χ0) is 19.5. The second kappa shape index (κ2) is 7.97. The van der Waals surface area contributed by atoms with Gasteiger partial charge in [-0.3, -0.25) is 9.78 Å². The van der Waals surface area contributed by atoms with E-state index < -0.39 is 0 Å². The minimum absolute atomic E-state index is 0.176. The van der Waals surface area contributed by atoms with Crippen molar-refractivity contribution >= 4 is 33.5 Å². The molecule has 2 aromatic carbocycles. The summed E-state index contributed by atoms with van der Waals surface area (Å²) in [5.74, 6) is 1.67. The molecule has 6 nitrogen and oxygen atoms in total. The maximum atomic E-state index is 12.4. The third-order valence-corrected chi connectivity index (χ3v) is 5.01. The summed E-state index contributed by atoms with van der Waals surface area (Å²) in [6.45, 7) is 0.331. The summed E-state index contributed by atoms with van der Waals surface area (Å²) in [5, 5.41) is 0.559. The van der Waals surface area contributed by atoms with Crippen molar-refractivity contribution in [1.29, 1.82) is 0 Å². The summed E-state index contributed by atoms with van der Waals surface area (Å²) < 4.78 is 12.3. The average Bonchev–Trinajstić information content (AvgIpc) is 2.73. The normalized spacial score (nSPS) is 10.8. The summed E-state index contributed by atoms with van der Waals surface area (Å²) in [7, 11) is 1.58. The first kappa shape index (κ1) is 18.4. The summed E-state index contributed by atoms with van der Waals surface area (Å²) in [6, 6.07) is 16.6. The molecule has 0 aliphatic carbocycles. The molecule has 0 bridgehead atoms. The number of aromatic nitrogens is 3. The molecule has 0 aliphatic rings. The van der Waals surface area contributed by atoms with Crippen LogP contribution in [0.15, 0.2) is 65.6 Å². The van der Waals surface area contributed by atoms with E-state index in [1.54, 1.807) is 19.4 Å². The van der Waals surface area contributed by atoms with E-state index >= 15 is 0 Å². The Bertz CT molecular complexity index is 1190. The molecule has 0 saturated carbocycles. The van der Waals surface area contributed by atoms with E-state index in [0.717, 1.165) is 14.8 Å². The highest BCUT2D eigenvalue weighted by molar-refractivity contribution is 14.1. The zero-order valence-corrected chi connectivity index (χ0v) is 17.1. The van der Waals surface area contributed by atoms with E-state index in [1.807, 2.05) is 48.5 Å². The molecule has 0 amide bonds. The molecule has 140 valence electrons. The smallest absolute Gasteiger partial charge is 0.259 e. The molecule has 0 spiro atoms. The number of H-pyrrole nitrogens is 1. The van der Waals surface area contributed by atoms with Crippen LogP contribution in [0.25, 0.3) is 22.3 Å². The molecule has 1 N–H and O–H groups in total. The van der Waals surface area contributed by atoms with Gasteiger partial charge in [-0.25, -0.2) is 4.98 Å². The molecule has 2 heterocycles. The van der Waals surface area contributed by atoms with E-state index in [2.05, 4.69) is 37.5 Å². The number of nitrogens with zero attached hydrogens (tertiary/aromatic N) is 2. The number of ether oxygens (including phenoxy) is 2. The standard InChI is InChI=1S/C21H16IN3O3/c1-27-18-11-13(20-24-17-8-3-2-7-15(17)21(26)25-20)10-16(22)19(18)28-12-14-6-4-5-9-23-14/h2-11H,12H2,1H3,(H,24,25,26). The van der Waals surface area contributed by atoms with Crippen LogP contribution < -0.4 is 15.0 Å². The maximum Gasteiger partial charge on any atom is 0.259 e. The third kappa shape index (κ3) is 3.70. The van der Waals surface area contributed by atoms with Crippen molar-refractivity contribution in [3.05, 3.63) is 80.4 Å². The van der Waals surface area contributed by atoms with Crippen LogP contribution in [-0.4, -0.2) is 22.1 Å². The first-order valence-electron chi connectivity index (χ1n) is 8.55. The van der Waals surface area contributed by atoms with Gasteiger partial charge >= 0.3 is 0 Å². The SMILES string of the molecule is COc1cc(-c2nc3ccccc3c(=O)[nH]2)cc(I)c1OCc1ccccn1. The summed E-state index contributed by atoms with van der Waals surface area (Å²) in [5.41, 5.74) is 2.04. The van der Waals surface area contributed by atoms with Crippen LogP contribution in [-0.2, 0) is 6.61 Å². The first-order chi connectivity index (χ1) is 13.7. The van der Waals surface area contributed by atoms with Gasteiger partial charge in [-0.15, -0.1) is 0 Å². The molecular weight excluding hydrogens is 469 g/mol. The molecule has 4 aromatic rings. The van der Waals surface area contributed by atoms with Crippen molar-refractivity contribution in [3.8, 4) is 22.9 Å². The largest absolute Gasteiger partial charge is 0.493 e. The molecule has 0 fully saturated rings. The molecule has 0 atom stereocenters. The number of halogens is 1. The Balaban J connectivity index is 1.72. The first-order valence-corrected chi connectivity index (χ1v) is 9.63. The van der Waals surface area contributed by atoms with Crippen molar-refractivity contribution in [2.45, 2.75) is 6.61 Å². The Labute approximate surface area is 174 Å². The van der Waals surface area contributed by atoms with Gasteiger partial charge in [0.25, 0.3) is 5.56 Å². The van der Waals surface area contributed by atoms with Crippen LogP contribution in [0.2, 0.25) is 0 Å². The van der Waals surface area contributed by atoms with Crippen molar-refractivity contribution in [1.82, 2.24) is 15.0 Å². The zero-order valence-electron chi connectivity index (χ0n) is 15.0. The van der Waals surface area contributed by atoms with Gasteiger partial charge in [-0.1, -0.05) is 18.2 Å². The number of pyridine rings is 1. The minimum atomic E-state index is -0.176. The minimum Gasteiger partial charge on any atom is -0.493 e. The molecule has 2 aromatic heterocycles. The van der Waals surface area contributed by atoms with Crippen LogP contribution in [0.1, 0.15) is 5.69 Å². The van der Waals surface area contributed by atoms with Gasteiger partial charge < -0.3 is 14.5 Å². The number of rotatable bonds is 5. The number of para-hydroxylation sites is 1. The predicted molar refractivity (Wildman–Crippen MR) is 116 cm³/mol. The summed E-state index contributed by atoms with van der Waals surface area (Å²) in [6.07, 6.45) is 1.73. The number of hydrogen-bond acceptors (Lipinski definition) is 5. The molecule has 0 unspecified atom stereocenters. The van der Waals surface area contributed by atoms with Crippen LogP contribution >= 0.6 is 22.6 Å². The highest BCUT2D eigenvalue weighted by atomic mass is 127. The molecule has 4 rings (SSSR count). The fourth-order valence-corrected chi connectivity index (χ4v) is 3.61. The lowest BCUT2D eigenvalue weighted by molar-refractivity contribution is 0.278. The van der Waals surface area contributed by atoms with Gasteiger partial charge in [-0.2, -0.15) is 0 Å². The second-order valence-corrected chi connectivity index (χ2v) is 7.19. The Morgan fingerprint density at radius 1 is 1.11 bits per heavy atom. The van der Waals surface area contributed by atoms with Gasteiger partial charge in [-0.05, 0) is 59.0 Å². The topological polar surface area (TPSA) is 77.1 Å². The molecule has 0 saturated heterocycles. The Hall–Kier alpha value is -2.94. The lowest BCUT2D eigenvalue weighted by atomic mass is 10.1. The van der Waals surface area contributed by atoms with Gasteiger partial charge in [0.05, 0.1) is 27.3 Å². The molecule has 0 radical (unpaired) electrons. The molecule has 7 heteroatoms. The van der Waals surface area contributed by atoms with Crippen LogP contribution in [0.4, 0.5) is 0 Å². The van der Waals surface area contributed by atoms with Gasteiger partial charge in [0.15, 0.2) is 11.5 Å². The second-order valence-electron chi connectivity index (χ2n) is 6.03. The van der Waals surface area contributed by atoms with Crippen molar-refractivity contribution in [2.24, 2.45) is 0 Å². The lowest BCUT2D eigenvalue weighted by Crippen LogP contribution is -2.09. The number of aromatic amines is 1. The van der Waals surface area contributed by atoms with E-state index in [9.17, 15) is 4.79 Å². The third-order valence-electron chi connectivity index (χ3n) is 4.21. The van der Waals surface area contributed by atoms with Gasteiger partial charge in [0, 0.05) is 11.8 Å². The quantitative estimate of drug-likeness (QED) is 0.430. The van der Waals surface area contributed by atoms with Crippen LogP contribution in [0, 0.1) is 3.57 Å². The van der Waals surface area contributed by atoms with Gasteiger partial charge in [0.2, 0.25) is 0 Å². The fourth-order valence-electron chi connectivity index (χ4n) is 2.85. The number of methoxy groups -OCH3 is 1. The van der Waals surface area contributed by atoms with E-state index in [-0.39, 0.29) is 5.56 Å². The van der Waals surface area contributed by atoms with Crippen LogP contribution in [0.3, 0.4) is 0 Å². The number of fused-ring (bicyclic) bond motifs is 1. The van der Waals surface area contributed by atoms with E-state index in [4.69, 9.17) is 9.47 Å². The van der Waals surface area contributed by atoms with Gasteiger partial charge in [0.1, 0.15) is 12.4 Å². The predicted octanol–water partition coefficient (Wildman–Crippen LogP) is 4.18. The summed E-state index contributed by atoms with van der Waals surface area (Å²) in [4.78, 5) is 24.1. The number of benzene rings is 2. The van der Waals surface area contributed by atoms with Crippen molar-refractivity contribution < 1.29 is 9.47 Å².